The summed E-state index contributed by atoms with van der Waals surface area (Å²) in [5, 5.41) is 3.97. The number of benzene rings is 1. The predicted octanol–water partition coefficient (Wildman–Crippen LogP) is 3.47. The number of carbonyl (C=O) groups excluding carboxylic acids is 1. The first kappa shape index (κ1) is 15.9. The molecule has 1 aromatic carbocycles. The van der Waals surface area contributed by atoms with Crippen LogP contribution in [0.1, 0.15) is 23.5 Å². The standard InChI is InChI=1S/C17H17Cl2N3O2/c18-12-2-1-11(7-13(12)19)15-8-20-17(24-15)16(23)21-14-9-22-5-3-10(14)4-6-22/h1-2,7-8,10,14H,3-6,9H2,(H,21,23). The van der Waals surface area contributed by atoms with Crippen LogP contribution in [0.4, 0.5) is 0 Å². The van der Waals surface area contributed by atoms with Crippen molar-refractivity contribution in [3.05, 3.63) is 40.3 Å². The molecule has 24 heavy (non-hydrogen) atoms. The van der Waals surface area contributed by atoms with Crippen molar-refractivity contribution in [1.29, 1.82) is 0 Å². The molecule has 3 aliphatic heterocycles. The van der Waals surface area contributed by atoms with Gasteiger partial charge in [-0.05, 0) is 50.0 Å². The number of aromatic nitrogens is 1. The van der Waals surface area contributed by atoms with E-state index in [1.165, 1.54) is 6.20 Å². The second kappa shape index (κ2) is 6.39. The third-order valence-electron chi connectivity index (χ3n) is 4.88. The highest BCUT2D eigenvalue weighted by atomic mass is 35.5. The molecule has 4 heterocycles. The lowest BCUT2D eigenvalue weighted by molar-refractivity contribution is 0.0602. The number of amides is 1. The van der Waals surface area contributed by atoms with Gasteiger partial charge in [-0.1, -0.05) is 23.2 Å². The van der Waals surface area contributed by atoms with Crippen molar-refractivity contribution in [1.82, 2.24) is 15.2 Å². The zero-order chi connectivity index (χ0) is 16.7. The Hall–Kier alpha value is -1.56. The van der Waals surface area contributed by atoms with Crippen LogP contribution in [0.5, 0.6) is 0 Å². The Morgan fingerprint density at radius 2 is 2.04 bits per heavy atom. The van der Waals surface area contributed by atoms with E-state index < -0.39 is 0 Å². The highest BCUT2D eigenvalue weighted by molar-refractivity contribution is 6.42. The Bertz CT molecular complexity index is 769. The minimum absolute atomic E-state index is 0.0764. The van der Waals surface area contributed by atoms with E-state index in [4.69, 9.17) is 27.6 Å². The van der Waals surface area contributed by atoms with E-state index in [9.17, 15) is 4.79 Å². The average molecular weight is 366 g/mol. The molecule has 2 aromatic rings. The third-order valence-corrected chi connectivity index (χ3v) is 5.62. The molecule has 0 spiro atoms. The van der Waals surface area contributed by atoms with Crippen LogP contribution in [0.15, 0.2) is 28.8 Å². The first-order valence-electron chi connectivity index (χ1n) is 8.04. The second-order valence-corrected chi connectivity index (χ2v) is 7.19. The van der Waals surface area contributed by atoms with Crippen LogP contribution in [-0.4, -0.2) is 41.5 Å². The molecule has 1 amide bonds. The molecule has 1 aromatic heterocycles. The molecule has 1 unspecified atom stereocenters. The minimum atomic E-state index is -0.264. The SMILES string of the molecule is O=C(NC1CN2CCC1CC2)c1ncc(-c2ccc(Cl)c(Cl)c2)o1. The van der Waals surface area contributed by atoms with Crippen LogP contribution < -0.4 is 5.32 Å². The fourth-order valence-corrected chi connectivity index (χ4v) is 3.82. The lowest BCUT2D eigenvalue weighted by Crippen LogP contribution is -2.57. The second-order valence-electron chi connectivity index (χ2n) is 6.38. The van der Waals surface area contributed by atoms with Gasteiger partial charge in [0.2, 0.25) is 0 Å². The summed E-state index contributed by atoms with van der Waals surface area (Å²) in [6, 6.07) is 5.35. The van der Waals surface area contributed by atoms with Gasteiger partial charge in [-0.2, -0.15) is 0 Å². The maximum absolute atomic E-state index is 12.4. The normalized spacial score (nSPS) is 25.7. The molecular weight excluding hydrogens is 349 g/mol. The summed E-state index contributed by atoms with van der Waals surface area (Å²) in [4.78, 5) is 18.9. The van der Waals surface area contributed by atoms with Gasteiger partial charge in [-0.3, -0.25) is 4.79 Å². The number of hydrogen-bond acceptors (Lipinski definition) is 4. The molecule has 0 saturated carbocycles. The van der Waals surface area contributed by atoms with Gasteiger partial charge in [0.05, 0.1) is 16.2 Å². The van der Waals surface area contributed by atoms with Gasteiger partial charge in [-0.25, -0.2) is 4.98 Å². The maximum atomic E-state index is 12.4. The molecular formula is C17H17Cl2N3O2. The number of hydrogen-bond donors (Lipinski definition) is 1. The van der Waals surface area contributed by atoms with Crippen molar-refractivity contribution in [3.8, 4) is 11.3 Å². The predicted molar refractivity (Wildman–Crippen MR) is 92.4 cm³/mol. The highest BCUT2D eigenvalue weighted by Gasteiger charge is 2.35. The van der Waals surface area contributed by atoms with Crippen LogP contribution in [-0.2, 0) is 0 Å². The summed E-state index contributed by atoms with van der Waals surface area (Å²) in [5.74, 6) is 0.865. The van der Waals surface area contributed by atoms with E-state index in [1.807, 2.05) is 0 Å². The average Bonchev–Trinajstić information content (AvgIpc) is 3.09. The van der Waals surface area contributed by atoms with Crippen LogP contribution in [0.3, 0.4) is 0 Å². The van der Waals surface area contributed by atoms with Crippen LogP contribution >= 0.6 is 23.2 Å². The Balaban J connectivity index is 1.48. The number of carbonyl (C=O) groups is 1. The molecule has 0 aliphatic carbocycles. The molecule has 1 atom stereocenters. The third kappa shape index (κ3) is 3.04. The number of nitrogens with zero attached hydrogens (tertiary/aromatic N) is 2. The summed E-state index contributed by atoms with van der Waals surface area (Å²) in [6.45, 7) is 3.19. The van der Waals surface area contributed by atoms with Crippen molar-refractivity contribution < 1.29 is 9.21 Å². The molecule has 7 heteroatoms. The number of nitrogens with one attached hydrogen (secondary N) is 1. The topological polar surface area (TPSA) is 58.4 Å². The minimum Gasteiger partial charge on any atom is -0.432 e. The Morgan fingerprint density at radius 3 is 2.71 bits per heavy atom. The molecule has 126 valence electrons. The molecule has 3 saturated heterocycles. The molecule has 3 fully saturated rings. The Labute approximate surface area is 149 Å². The smallest absolute Gasteiger partial charge is 0.307 e. The van der Waals surface area contributed by atoms with Gasteiger partial charge in [0.1, 0.15) is 0 Å². The lowest BCUT2D eigenvalue weighted by atomic mass is 9.84. The van der Waals surface area contributed by atoms with E-state index in [1.54, 1.807) is 18.2 Å². The van der Waals surface area contributed by atoms with Crippen molar-refractivity contribution >= 4 is 29.1 Å². The summed E-state index contributed by atoms with van der Waals surface area (Å²) in [7, 11) is 0. The fraction of sp³-hybridized carbons (Fsp3) is 0.412. The summed E-state index contributed by atoms with van der Waals surface area (Å²) in [6.07, 6.45) is 3.82. The number of rotatable bonds is 3. The molecule has 3 aliphatic rings. The van der Waals surface area contributed by atoms with Gasteiger partial charge in [-0.15, -0.1) is 0 Å². The maximum Gasteiger partial charge on any atom is 0.307 e. The molecule has 5 nitrogen and oxygen atoms in total. The zero-order valence-electron chi connectivity index (χ0n) is 13.0. The number of oxazole rings is 1. The van der Waals surface area contributed by atoms with Gasteiger partial charge < -0.3 is 14.6 Å². The number of piperidine rings is 3. The summed E-state index contributed by atoms with van der Waals surface area (Å²) in [5.41, 5.74) is 0.735. The van der Waals surface area contributed by atoms with Crippen molar-refractivity contribution in [2.45, 2.75) is 18.9 Å². The first-order valence-corrected chi connectivity index (χ1v) is 8.80. The van der Waals surface area contributed by atoms with Crippen LogP contribution in [0, 0.1) is 5.92 Å². The van der Waals surface area contributed by atoms with E-state index in [0.29, 0.717) is 21.7 Å². The number of halogens is 2. The summed E-state index contributed by atoms with van der Waals surface area (Å²) < 4.78 is 5.61. The highest BCUT2D eigenvalue weighted by Crippen LogP contribution is 2.30. The lowest BCUT2D eigenvalue weighted by Gasteiger charge is -2.44. The van der Waals surface area contributed by atoms with Crippen molar-refractivity contribution in [2.75, 3.05) is 19.6 Å². The monoisotopic (exact) mass is 365 g/mol. The van der Waals surface area contributed by atoms with Gasteiger partial charge in [0, 0.05) is 18.2 Å². The fourth-order valence-electron chi connectivity index (χ4n) is 3.52. The van der Waals surface area contributed by atoms with Crippen molar-refractivity contribution in [2.24, 2.45) is 5.92 Å². The quantitative estimate of drug-likeness (QED) is 0.904. The van der Waals surface area contributed by atoms with E-state index in [2.05, 4.69) is 15.2 Å². The van der Waals surface area contributed by atoms with E-state index >= 15 is 0 Å². The summed E-state index contributed by atoms with van der Waals surface area (Å²) >= 11 is 11.9. The molecule has 0 radical (unpaired) electrons. The van der Waals surface area contributed by atoms with Crippen molar-refractivity contribution in [3.63, 3.8) is 0 Å². The molecule has 2 bridgehead atoms. The van der Waals surface area contributed by atoms with Crippen LogP contribution in [0.25, 0.3) is 11.3 Å². The van der Waals surface area contributed by atoms with E-state index in [-0.39, 0.29) is 17.8 Å². The van der Waals surface area contributed by atoms with E-state index in [0.717, 1.165) is 38.0 Å². The van der Waals surface area contributed by atoms with Crippen LogP contribution in [0.2, 0.25) is 10.0 Å². The zero-order valence-corrected chi connectivity index (χ0v) is 14.5. The Morgan fingerprint density at radius 1 is 1.25 bits per heavy atom. The van der Waals surface area contributed by atoms with Gasteiger partial charge in [0.15, 0.2) is 5.76 Å². The first-order chi connectivity index (χ1) is 11.6. The van der Waals surface area contributed by atoms with Gasteiger partial charge in [0.25, 0.3) is 5.89 Å². The molecule has 1 N–H and O–H groups in total. The largest absolute Gasteiger partial charge is 0.432 e. The molecule has 5 rings (SSSR count). The Kier molecular flexibility index (Phi) is 4.24. The van der Waals surface area contributed by atoms with Gasteiger partial charge >= 0.3 is 5.91 Å². The number of fused-ring (bicyclic) bond motifs is 3.